The fourth-order valence-corrected chi connectivity index (χ4v) is 2.18. The maximum atomic E-state index is 12.2. The number of rotatable bonds is 2. The van der Waals surface area contributed by atoms with E-state index in [1.54, 1.807) is 6.20 Å². The molecule has 1 aromatic heterocycles. The van der Waals surface area contributed by atoms with Gasteiger partial charge in [-0.1, -0.05) is 0 Å². The summed E-state index contributed by atoms with van der Waals surface area (Å²) in [4.78, 5) is 16.5. The molecule has 0 radical (unpaired) electrons. The lowest BCUT2D eigenvalue weighted by atomic mass is 10.2. The zero-order valence-corrected chi connectivity index (χ0v) is 10.7. The predicted molar refractivity (Wildman–Crippen MR) is 65.9 cm³/mol. The van der Waals surface area contributed by atoms with E-state index in [0.717, 1.165) is 31.9 Å². The van der Waals surface area contributed by atoms with Crippen LogP contribution in [0.5, 0.6) is 0 Å². The summed E-state index contributed by atoms with van der Waals surface area (Å²) in [6.07, 6.45) is 1.62. The molecular formula is C12H20N4O. The van der Waals surface area contributed by atoms with Crippen LogP contribution in [0.4, 0.5) is 0 Å². The minimum atomic E-state index is 0.0969. The number of nitrogens with one attached hydrogen (secondary N) is 1. The molecule has 17 heavy (non-hydrogen) atoms. The normalized spacial score (nSPS) is 17.8. The van der Waals surface area contributed by atoms with Gasteiger partial charge < -0.3 is 4.90 Å². The molecule has 94 valence electrons. The van der Waals surface area contributed by atoms with Crippen molar-refractivity contribution in [2.45, 2.75) is 26.8 Å². The minimum absolute atomic E-state index is 0.0969. The van der Waals surface area contributed by atoms with Gasteiger partial charge in [0.1, 0.15) is 0 Å². The topological polar surface area (TPSA) is 52.2 Å². The van der Waals surface area contributed by atoms with Crippen LogP contribution in [0, 0.1) is 6.92 Å². The Labute approximate surface area is 102 Å². The van der Waals surface area contributed by atoms with E-state index in [0.29, 0.717) is 11.6 Å². The molecule has 0 bridgehead atoms. The highest BCUT2D eigenvalue weighted by Gasteiger charge is 2.24. The van der Waals surface area contributed by atoms with Crippen LogP contribution in [0.3, 0.4) is 0 Å². The third kappa shape index (κ3) is 2.49. The van der Waals surface area contributed by atoms with Crippen molar-refractivity contribution in [1.29, 1.82) is 0 Å². The zero-order chi connectivity index (χ0) is 12.4. The van der Waals surface area contributed by atoms with Gasteiger partial charge in [-0.3, -0.25) is 14.8 Å². The van der Waals surface area contributed by atoms with Crippen LogP contribution in [-0.2, 0) is 0 Å². The Morgan fingerprint density at radius 3 is 2.47 bits per heavy atom. The standard InChI is InChI=1S/C12H20N4O/c1-9(2)15-4-6-16(7-5-15)12(17)11-8-13-14-10(11)3/h8-9H,4-7H2,1-3H3,(H,13,14). The van der Waals surface area contributed by atoms with Gasteiger partial charge in [0.2, 0.25) is 0 Å². The average Bonchev–Trinajstić information content (AvgIpc) is 2.74. The first-order valence-electron chi connectivity index (χ1n) is 6.13. The Morgan fingerprint density at radius 1 is 1.35 bits per heavy atom. The summed E-state index contributed by atoms with van der Waals surface area (Å²) in [5.74, 6) is 0.0969. The highest BCUT2D eigenvalue weighted by Crippen LogP contribution is 2.11. The van der Waals surface area contributed by atoms with Crippen LogP contribution in [0.2, 0.25) is 0 Å². The lowest BCUT2D eigenvalue weighted by molar-refractivity contribution is 0.0595. The lowest BCUT2D eigenvalue weighted by Crippen LogP contribution is -2.50. The highest BCUT2D eigenvalue weighted by atomic mass is 16.2. The maximum absolute atomic E-state index is 12.2. The summed E-state index contributed by atoms with van der Waals surface area (Å²) in [6.45, 7) is 9.80. The number of aromatic nitrogens is 2. The van der Waals surface area contributed by atoms with Gasteiger partial charge in [0, 0.05) is 37.9 Å². The maximum Gasteiger partial charge on any atom is 0.257 e. The minimum Gasteiger partial charge on any atom is -0.336 e. The monoisotopic (exact) mass is 236 g/mol. The van der Waals surface area contributed by atoms with Crippen LogP contribution in [0.15, 0.2) is 6.20 Å². The van der Waals surface area contributed by atoms with Crippen LogP contribution < -0.4 is 0 Å². The Hall–Kier alpha value is -1.36. The molecule has 1 aliphatic heterocycles. The summed E-state index contributed by atoms with van der Waals surface area (Å²) >= 11 is 0. The van der Waals surface area contributed by atoms with Gasteiger partial charge in [0.15, 0.2) is 0 Å². The van der Waals surface area contributed by atoms with E-state index in [2.05, 4.69) is 28.9 Å². The largest absolute Gasteiger partial charge is 0.336 e. The molecular weight excluding hydrogens is 216 g/mol. The molecule has 5 heteroatoms. The van der Waals surface area contributed by atoms with Crippen molar-refractivity contribution in [3.63, 3.8) is 0 Å². The molecule has 0 unspecified atom stereocenters. The molecule has 1 saturated heterocycles. The number of amides is 1. The summed E-state index contributed by atoms with van der Waals surface area (Å²) in [7, 11) is 0. The smallest absolute Gasteiger partial charge is 0.257 e. The summed E-state index contributed by atoms with van der Waals surface area (Å²) < 4.78 is 0. The highest BCUT2D eigenvalue weighted by molar-refractivity contribution is 5.95. The van der Waals surface area contributed by atoms with Gasteiger partial charge >= 0.3 is 0 Å². The molecule has 1 fully saturated rings. The van der Waals surface area contributed by atoms with Crippen molar-refractivity contribution in [3.05, 3.63) is 17.5 Å². The molecule has 0 saturated carbocycles. The molecule has 2 heterocycles. The molecule has 0 spiro atoms. The Balaban J connectivity index is 1.98. The van der Waals surface area contributed by atoms with Crippen LogP contribution in [-0.4, -0.2) is 58.1 Å². The number of carbonyl (C=O) groups excluding carboxylic acids is 1. The zero-order valence-electron chi connectivity index (χ0n) is 10.7. The number of aromatic amines is 1. The number of H-pyrrole nitrogens is 1. The molecule has 1 N–H and O–H groups in total. The third-order valence-electron chi connectivity index (χ3n) is 3.39. The molecule has 1 amide bonds. The first-order chi connectivity index (χ1) is 8.09. The molecule has 0 aliphatic carbocycles. The summed E-state index contributed by atoms with van der Waals surface area (Å²) in [5.41, 5.74) is 1.55. The molecule has 2 rings (SSSR count). The number of nitrogens with zero attached hydrogens (tertiary/aromatic N) is 3. The second kappa shape index (κ2) is 4.87. The molecule has 1 aliphatic rings. The lowest BCUT2D eigenvalue weighted by Gasteiger charge is -2.36. The van der Waals surface area contributed by atoms with Crippen molar-refractivity contribution >= 4 is 5.91 Å². The van der Waals surface area contributed by atoms with Crippen LogP contribution in [0.1, 0.15) is 29.9 Å². The van der Waals surface area contributed by atoms with Gasteiger partial charge in [0.05, 0.1) is 11.8 Å². The third-order valence-corrected chi connectivity index (χ3v) is 3.39. The van der Waals surface area contributed by atoms with Gasteiger partial charge in [-0.25, -0.2) is 0 Å². The Kier molecular flexibility index (Phi) is 3.47. The van der Waals surface area contributed by atoms with Crippen LogP contribution in [0.25, 0.3) is 0 Å². The van der Waals surface area contributed by atoms with E-state index < -0.39 is 0 Å². The quantitative estimate of drug-likeness (QED) is 0.829. The fraction of sp³-hybridized carbons (Fsp3) is 0.667. The number of piperazine rings is 1. The average molecular weight is 236 g/mol. The van der Waals surface area contributed by atoms with Crippen molar-refractivity contribution in [1.82, 2.24) is 20.0 Å². The van der Waals surface area contributed by atoms with E-state index in [1.807, 2.05) is 11.8 Å². The molecule has 0 atom stereocenters. The summed E-state index contributed by atoms with van der Waals surface area (Å²) in [5, 5.41) is 6.71. The fourth-order valence-electron chi connectivity index (χ4n) is 2.18. The van der Waals surface area contributed by atoms with E-state index in [1.165, 1.54) is 0 Å². The number of aryl methyl sites for hydroxylation is 1. The first kappa shape index (κ1) is 12.1. The van der Waals surface area contributed by atoms with Crippen molar-refractivity contribution < 1.29 is 4.79 Å². The summed E-state index contributed by atoms with van der Waals surface area (Å²) in [6, 6.07) is 0.558. The predicted octanol–water partition coefficient (Wildman–Crippen LogP) is 0.884. The van der Waals surface area contributed by atoms with Gasteiger partial charge in [-0.2, -0.15) is 5.10 Å². The Bertz CT molecular complexity index is 391. The SMILES string of the molecule is Cc1[nH]ncc1C(=O)N1CCN(C(C)C)CC1. The molecule has 1 aromatic rings. The van der Waals surface area contributed by atoms with Crippen molar-refractivity contribution in [2.75, 3.05) is 26.2 Å². The van der Waals surface area contributed by atoms with Gasteiger partial charge in [-0.15, -0.1) is 0 Å². The van der Waals surface area contributed by atoms with E-state index in [9.17, 15) is 4.79 Å². The Morgan fingerprint density at radius 2 is 2.00 bits per heavy atom. The van der Waals surface area contributed by atoms with Crippen LogP contribution >= 0.6 is 0 Å². The second-order valence-electron chi connectivity index (χ2n) is 4.83. The second-order valence-corrected chi connectivity index (χ2v) is 4.83. The van der Waals surface area contributed by atoms with E-state index in [-0.39, 0.29) is 5.91 Å². The number of hydrogen-bond donors (Lipinski definition) is 1. The molecule has 0 aromatic carbocycles. The molecule has 5 nitrogen and oxygen atoms in total. The first-order valence-corrected chi connectivity index (χ1v) is 6.13. The van der Waals surface area contributed by atoms with Gasteiger partial charge in [-0.05, 0) is 20.8 Å². The van der Waals surface area contributed by atoms with Gasteiger partial charge in [0.25, 0.3) is 5.91 Å². The van der Waals surface area contributed by atoms with Crippen molar-refractivity contribution in [3.8, 4) is 0 Å². The van der Waals surface area contributed by atoms with E-state index in [4.69, 9.17) is 0 Å². The van der Waals surface area contributed by atoms with Crippen molar-refractivity contribution in [2.24, 2.45) is 0 Å². The number of hydrogen-bond acceptors (Lipinski definition) is 3. The van der Waals surface area contributed by atoms with E-state index >= 15 is 0 Å². The number of carbonyl (C=O) groups is 1.